The molecule has 1 amide bonds. The van der Waals surface area contributed by atoms with Gasteiger partial charge in [0.05, 0.1) is 18.0 Å². The van der Waals surface area contributed by atoms with Gasteiger partial charge in [0.15, 0.2) is 5.13 Å². The lowest BCUT2D eigenvalue weighted by Gasteiger charge is -2.08. The van der Waals surface area contributed by atoms with E-state index in [1.165, 1.54) is 11.3 Å². The molecule has 5 nitrogen and oxygen atoms in total. The highest BCUT2D eigenvalue weighted by Gasteiger charge is 2.09. The molecule has 3 N–H and O–H groups in total. The van der Waals surface area contributed by atoms with Crippen molar-refractivity contribution >= 4 is 28.1 Å². The van der Waals surface area contributed by atoms with Crippen LogP contribution in [0.4, 0.5) is 10.8 Å². The number of hydrogen-bond acceptors (Lipinski definition) is 5. The number of ether oxygens (including phenoxy) is 1. The van der Waals surface area contributed by atoms with E-state index in [0.717, 1.165) is 5.69 Å². The predicted molar refractivity (Wildman–Crippen MR) is 90.4 cm³/mol. The van der Waals surface area contributed by atoms with Crippen molar-refractivity contribution in [2.24, 2.45) is 0 Å². The summed E-state index contributed by atoms with van der Waals surface area (Å²) in [4.78, 5) is 16.2. The average Bonchev–Trinajstić information content (AvgIpc) is 2.94. The predicted octanol–water partition coefficient (Wildman–Crippen LogP) is 3.65. The highest BCUT2D eigenvalue weighted by atomic mass is 32.1. The first kappa shape index (κ1) is 16.3. The number of nitrogen functional groups attached to an aromatic ring is 1. The second-order valence-corrected chi connectivity index (χ2v) is 6.13. The third-order valence-electron chi connectivity index (χ3n) is 3.08. The number of rotatable bonds is 7. The Morgan fingerprint density at radius 2 is 2.18 bits per heavy atom. The van der Waals surface area contributed by atoms with Gasteiger partial charge in [0.25, 0.3) is 0 Å². The van der Waals surface area contributed by atoms with Crippen molar-refractivity contribution in [2.75, 3.05) is 17.7 Å². The molecule has 0 fully saturated rings. The molecular weight excluding hydrogens is 298 g/mol. The van der Waals surface area contributed by atoms with Crippen LogP contribution in [0.3, 0.4) is 0 Å². The number of hydrogen-bond donors (Lipinski definition) is 2. The summed E-state index contributed by atoms with van der Waals surface area (Å²) in [6.07, 6.45) is 1.02. The number of nitrogens with one attached hydrogen (secondary N) is 1. The van der Waals surface area contributed by atoms with E-state index in [9.17, 15) is 4.79 Å². The molecule has 0 saturated heterocycles. The van der Waals surface area contributed by atoms with Crippen molar-refractivity contribution in [3.05, 3.63) is 35.3 Å². The van der Waals surface area contributed by atoms with Gasteiger partial charge in [-0.3, -0.25) is 4.79 Å². The van der Waals surface area contributed by atoms with Gasteiger partial charge in [-0.2, -0.15) is 0 Å². The fraction of sp³-hybridized carbons (Fsp3) is 0.375. The molecular formula is C16H21N3O2S. The quantitative estimate of drug-likeness (QED) is 0.603. The van der Waals surface area contributed by atoms with Crippen LogP contribution in [0, 0.1) is 0 Å². The second-order valence-electron chi connectivity index (χ2n) is 5.27. The molecule has 2 aromatic rings. The van der Waals surface area contributed by atoms with Gasteiger partial charge in [0.1, 0.15) is 5.75 Å². The molecule has 0 aliphatic carbocycles. The maximum atomic E-state index is 11.8. The number of amides is 1. The summed E-state index contributed by atoms with van der Waals surface area (Å²) in [6, 6.07) is 7.33. The molecule has 0 unspecified atom stereocenters. The van der Waals surface area contributed by atoms with Gasteiger partial charge >= 0.3 is 0 Å². The highest BCUT2D eigenvalue weighted by molar-refractivity contribution is 7.13. The van der Waals surface area contributed by atoms with E-state index in [2.05, 4.69) is 24.1 Å². The normalized spacial score (nSPS) is 10.7. The number of aromatic nitrogens is 1. The first-order chi connectivity index (χ1) is 10.6. The molecule has 1 aromatic heterocycles. The Labute approximate surface area is 134 Å². The van der Waals surface area contributed by atoms with Crippen molar-refractivity contribution in [2.45, 2.75) is 32.6 Å². The lowest BCUT2D eigenvalue weighted by Crippen LogP contribution is -2.13. The number of nitrogens with two attached hydrogens (primary N) is 1. The van der Waals surface area contributed by atoms with Crippen LogP contribution in [-0.4, -0.2) is 17.5 Å². The van der Waals surface area contributed by atoms with Crippen LogP contribution in [0.2, 0.25) is 0 Å². The van der Waals surface area contributed by atoms with Gasteiger partial charge in [-0.05, 0) is 24.5 Å². The Morgan fingerprint density at radius 3 is 2.86 bits per heavy atom. The molecule has 0 radical (unpaired) electrons. The summed E-state index contributed by atoms with van der Waals surface area (Å²) in [6.45, 7) is 4.61. The number of carbonyl (C=O) groups excluding carboxylic acids is 1. The topological polar surface area (TPSA) is 77.2 Å². The molecule has 2 rings (SSSR count). The zero-order valence-electron chi connectivity index (χ0n) is 12.8. The van der Waals surface area contributed by atoms with Crippen molar-refractivity contribution in [1.29, 1.82) is 0 Å². The van der Waals surface area contributed by atoms with E-state index in [-0.39, 0.29) is 5.91 Å². The first-order valence-corrected chi connectivity index (χ1v) is 8.17. The minimum absolute atomic E-state index is 0.0470. The van der Waals surface area contributed by atoms with Crippen LogP contribution < -0.4 is 15.8 Å². The van der Waals surface area contributed by atoms with Gasteiger partial charge in [-0.15, -0.1) is 11.3 Å². The lowest BCUT2D eigenvalue weighted by atomic mass is 10.2. The molecule has 0 aliphatic rings. The Kier molecular flexibility index (Phi) is 5.77. The number of para-hydroxylation sites is 2. The fourth-order valence-electron chi connectivity index (χ4n) is 1.82. The van der Waals surface area contributed by atoms with E-state index >= 15 is 0 Å². The summed E-state index contributed by atoms with van der Waals surface area (Å²) in [7, 11) is 0. The maximum absolute atomic E-state index is 11.8. The Morgan fingerprint density at radius 1 is 1.41 bits per heavy atom. The van der Waals surface area contributed by atoms with Crippen LogP contribution in [0.5, 0.6) is 5.75 Å². The fourth-order valence-corrected chi connectivity index (χ4v) is 2.71. The molecule has 0 aliphatic heterocycles. The molecule has 0 saturated carbocycles. The summed E-state index contributed by atoms with van der Waals surface area (Å²) < 4.78 is 5.55. The van der Waals surface area contributed by atoms with E-state index in [1.807, 2.05) is 23.6 Å². The first-order valence-electron chi connectivity index (χ1n) is 7.29. The second kappa shape index (κ2) is 7.79. The van der Waals surface area contributed by atoms with Crippen LogP contribution in [-0.2, 0) is 4.79 Å². The number of benzene rings is 1. The Balaban J connectivity index is 1.70. The van der Waals surface area contributed by atoms with Gasteiger partial charge < -0.3 is 15.8 Å². The number of anilines is 2. The van der Waals surface area contributed by atoms with Crippen molar-refractivity contribution < 1.29 is 9.53 Å². The standard InChI is InChI=1S/C16H21N3O2S/c1-11(2)13-10-22-16(18-13)19-15(20)8-5-9-21-14-7-4-3-6-12(14)17/h3-4,6-7,10-11H,5,8-9,17H2,1-2H3,(H,18,19,20). The molecule has 0 spiro atoms. The highest BCUT2D eigenvalue weighted by Crippen LogP contribution is 2.22. The smallest absolute Gasteiger partial charge is 0.226 e. The summed E-state index contributed by atoms with van der Waals surface area (Å²) in [5.74, 6) is 0.977. The third-order valence-corrected chi connectivity index (χ3v) is 3.86. The monoisotopic (exact) mass is 319 g/mol. The maximum Gasteiger partial charge on any atom is 0.226 e. The summed E-state index contributed by atoms with van der Waals surface area (Å²) in [5.41, 5.74) is 7.39. The molecule has 118 valence electrons. The zero-order valence-corrected chi connectivity index (χ0v) is 13.7. The third kappa shape index (κ3) is 4.73. The summed E-state index contributed by atoms with van der Waals surface area (Å²) >= 11 is 1.45. The molecule has 1 heterocycles. The van der Waals surface area contributed by atoms with Gasteiger partial charge in [0, 0.05) is 11.8 Å². The SMILES string of the molecule is CC(C)c1csc(NC(=O)CCCOc2ccccc2N)n1. The van der Waals surface area contributed by atoms with Gasteiger partial charge in [-0.1, -0.05) is 26.0 Å². The van der Waals surface area contributed by atoms with Crippen LogP contribution in [0.1, 0.15) is 38.3 Å². The molecule has 1 aromatic carbocycles. The molecule has 6 heteroatoms. The van der Waals surface area contributed by atoms with E-state index in [4.69, 9.17) is 10.5 Å². The van der Waals surface area contributed by atoms with Gasteiger partial charge in [-0.25, -0.2) is 4.98 Å². The Hall–Kier alpha value is -2.08. The minimum atomic E-state index is -0.0470. The average molecular weight is 319 g/mol. The van der Waals surface area contributed by atoms with Gasteiger partial charge in [0.2, 0.25) is 5.91 Å². The van der Waals surface area contributed by atoms with Crippen LogP contribution in [0.25, 0.3) is 0 Å². The Bertz CT molecular complexity index is 625. The number of nitrogens with zero attached hydrogens (tertiary/aromatic N) is 1. The van der Waals surface area contributed by atoms with Crippen molar-refractivity contribution in [1.82, 2.24) is 4.98 Å². The van der Waals surface area contributed by atoms with Crippen molar-refractivity contribution in [3.8, 4) is 5.75 Å². The van der Waals surface area contributed by atoms with Crippen molar-refractivity contribution in [3.63, 3.8) is 0 Å². The van der Waals surface area contributed by atoms with E-state index < -0.39 is 0 Å². The summed E-state index contributed by atoms with van der Waals surface area (Å²) in [5, 5.41) is 5.44. The molecule has 0 atom stereocenters. The zero-order chi connectivity index (χ0) is 15.9. The molecule has 0 bridgehead atoms. The van der Waals surface area contributed by atoms with E-state index in [0.29, 0.717) is 41.9 Å². The minimum Gasteiger partial charge on any atom is -0.491 e. The lowest BCUT2D eigenvalue weighted by molar-refractivity contribution is -0.116. The largest absolute Gasteiger partial charge is 0.491 e. The van der Waals surface area contributed by atoms with E-state index in [1.54, 1.807) is 6.07 Å². The van der Waals surface area contributed by atoms with Crippen LogP contribution >= 0.6 is 11.3 Å². The van der Waals surface area contributed by atoms with Crippen LogP contribution in [0.15, 0.2) is 29.6 Å². The molecule has 22 heavy (non-hydrogen) atoms. The number of carbonyl (C=O) groups is 1. The number of thiazole rings is 1.